The maximum atomic E-state index is 11.5. The molecule has 10 nitrogen and oxygen atoms in total. The van der Waals surface area contributed by atoms with Crippen molar-refractivity contribution < 1.29 is 23.7 Å². The number of ether oxygens (including phenoxy) is 3. The van der Waals surface area contributed by atoms with Gasteiger partial charge in [-0.1, -0.05) is 62.3 Å². The molecule has 0 amide bonds. The van der Waals surface area contributed by atoms with Gasteiger partial charge in [-0.25, -0.2) is 15.0 Å². The van der Waals surface area contributed by atoms with Crippen LogP contribution < -0.4 is 5.73 Å². The molecule has 0 aromatic carbocycles. The van der Waals surface area contributed by atoms with Gasteiger partial charge >= 0.3 is 0 Å². The molecule has 0 bridgehead atoms. The van der Waals surface area contributed by atoms with Gasteiger partial charge in [0.05, 0.1) is 18.0 Å². The molecule has 1 fully saturated rings. The van der Waals surface area contributed by atoms with Gasteiger partial charge in [-0.3, -0.25) is 4.57 Å². The number of nitrogen functional groups attached to an aromatic ring is 1. The van der Waals surface area contributed by atoms with Crippen molar-refractivity contribution in [3.8, 4) is 0 Å². The highest BCUT2D eigenvalue weighted by Crippen LogP contribution is 2.44. The van der Waals surface area contributed by atoms with Crippen molar-refractivity contribution in [3.63, 3.8) is 0 Å². The van der Waals surface area contributed by atoms with E-state index in [0.29, 0.717) is 27.8 Å². The number of aromatic nitrogens is 4. The summed E-state index contributed by atoms with van der Waals surface area (Å²) in [7, 11) is 1.38. The van der Waals surface area contributed by atoms with Gasteiger partial charge in [0.25, 0.3) is 8.32 Å². The van der Waals surface area contributed by atoms with E-state index in [1.54, 1.807) is 10.9 Å². The van der Waals surface area contributed by atoms with Gasteiger partial charge < -0.3 is 29.5 Å². The third kappa shape index (κ3) is 6.45. The van der Waals surface area contributed by atoms with E-state index >= 15 is 0 Å². The van der Waals surface area contributed by atoms with E-state index in [4.69, 9.17) is 24.4 Å². The average molecular weight is 592 g/mol. The third-order valence-corrected chi connectivity index (χ3v) is 14.2. The molecule has 3 rings (SSSR count). The van der Waals surface area contributed by atoms with Gasteiger partial charge in [0.2, 0.25) is 5.54 Å². The molecule has 12 heteroatoms. The summed E-state index contributed by atoms with van der Waals surface area (Å²) >= 11 is 0. The second-order valence-corrected chi connectivity index (χ2v) is 19.7. The Labute approximate surface area is 243 Å². The van der Waals surface area contributed by atoms with Crippen LogP contribution in [0.3, 0.4) is 0 Å². The molecule has 1 unspecified atom stereocenters. The summed E-state index contributed by atoms with van der Waals surface area (Å²) in [6.07, 6.45) is -0.700. The van der Waals surface area contributed by atoms with Crippen molar-refractivity contribution in [1.29, 1.82) is 0 Å². The highest BCUT2D eigenvalue weighted by Gasteiger charge is 2.55. The quantitative estimate of drug-likeness (QED) is 0.377. The fourth-order valence-electron chi connectivity index (χ4n) is 6.02. The molecule has 1 aliphatic rings. The predicted molar refractivity (Wildman–Crippen MR) is 162 cm³/mol. The van der Waals surface area contributed by atoms with Crippen LogP contribution in [0.1, 0.15) is 89.3 Å². The van der Waals surface area contributed by atoms with Crippen LogP contribution in [0.2, 0.25) is 16.6 Å². The van der Waals surface area contributed by atoms with E-state index in [0.717, 1.165) is 0 Å². The molecule has 0 aliphatic carbocycles. The van der Waals surface area contributed by atoms with Gasteiger partial charge in [0.15, 0.2) is 23.8 Å². The molecule has 5 atom stereocenters. The lowest BCUT2D eigenvalue weighted by molar-refractivity contribution is -0.153. The topological polar surface area (TPSA) is 127 Å². The number of nitrogens with two attached hydrogens (primary N) is 1. The Balaban J connectivity index is 2.12. The normalized spacial score (nSPS) is 23.4. The van der Waals surface area contributed by atoms with Crippen LogP contribution in [-0.2, 0) is 18.6 Å². The Morgan fingerprint density at radius 3 is 2.08 bits per heavy atom. The van der Waals surface area contributed by atoms with Crippen molar-refractivity contribution in [2.75, 3.05) is 5.73 Å². The first kappa shape index (κ1) is 32.6. The molecule has 1 saturated heterocycles. The molecule has 2 aromatic heterocycles. The van der Waals surface area contributed by atoms with E-state index < -0.39 is 50.0 Å². The third-order valence-electron chi connectivity index (χ3n) is 7.79. The molecule has 2 radical (unpaired) electrons. The van der Waals surface area contributed by atoms with Crippen LogP contribution in [0.5, 0.6) is 0 Å². The molecule has 3 N–H and O–H groups in total. The van der Waals surface area contributed by atoms with Crippen molar-refractivity contribution >= 4 is 40.7 Å². The minimum atomic E-state index is -2.34. The Kier molecular flexibility index (Phi) is 9.62. The molecule has 1 aliphatic heterocycles. The second-order valence-electron chi connectivity index (χ2n) is 13.9. The highest BCUT2D eigenvalue weighted by molar-refractivity contribution is 6.79. The summed E-state index contributed by atoms with van der Waals surface area (Å²) < 4.78 is 28.4. The number of imidazole rings is 1. The first-order valence-corrected chi connectivity index (χ1v) is 16.8. The highest BCUT2D eigenvalue weighted by atomic mass is 28.4. The van der Waals surface area contributed by atoms with E-state index in [1.807, 2.05) is 41.5 Å². The SMILES string of the molecule is CC(C)[Si](OC(=[Si])O[C@@H]1[C@H](OC(C)(C)C)[C@@H](C(O)C(C)(C)C)O[C@H]1n1cnc2c(N)ncnc21)(C(C)C)C(C)C. The zero-order valence-corrected chi connectivity index (χ0v) is 28.2. The van der Waals surface area contributed by atoms with Crippen molar-refractivity contribution in [2.45, 2.75) is 136 Å². The lowest BCUT2D eigenvalue weighted by Gasteiger charge is -2.43. The molecule has 224 valence electrons. The number of nitrogens with zero attached hydrogens (tertiary/aromatic N) is 4. The zero-order valence-electron chi connectivity index (χ0n) is 26.2. The molecular formula is C28H49N5O5Si2. The zero-order chi connectivity index (χ0) is 30.4. The predicted octanol–water partition coefficient (Wildman–Crippen LogP) is 4.73. The van der Waals surface area contributed by atoms with Gasteiger partial charge in [0, 0.05) is 0 Å². The molecular weight excluding hydrogens is 543 g/mol. The van der Waals surface area contributed by atoms with E-state index in [2.05, 4.69) is 66.3 Å². The maximum absolute atomic E-state index is 11.5. The Bertz CT molecular complexity index is 1150. The van der Waals surface area contributed by atoms with Gasteiger partial charge in [-0.15, -0.1) is 0 Å². The largest absolute Gasteiger partial charge is 0.523 e. The lowest BCUT2D eigenvalue weighted by Crippen LogP contribution is -2.52. The Morgan fingerprint density at radius 2 is 1.57 bits per heavy atom. The standard InChI is InChI=1S/C28H49N5O5Si2/c1-15(2)40(16(3)4,17(5)6)38-26(39)36-21-19(37-28(10,11)12)20(22(34)27(7,8)9)35-25(21)33-14-32-18-23(29)30-13-31-24(18)33/h13-17,19-22,25,34H,1-12H3,(H2,29,30,31)/t19-,20+,21-,22?,25-/m1/s1. The lowest BCUT2D eigenvalue weighted by atomic mass is 9.83. The van der Waals surface area contributed by atoms with E-state index in [-0.39, 0.29) is 11.4 Å². The number of aliphatic hydroxyl groups is 1. The number of fused-ring (bicyclic) bond motifs is 1. The summed E-state index contributed by atoms with van der Waals surface area (Å²) in [5, 5.41) is 11.5. The molecule has 0 spiro atoms. The summed E-state index contributed by atoms with van der Waals surface area (Å²) in [6.45, 7) is 25.1. The number of hydrogen-bond acceptors (Lipinski definition) is 9. The van der Waals surface area contributed by atoms with Crippen molar-refractivity contribution in [3.05, 3.63) is 12.7 Å². The number of hydrogen-bond donors (Lipinski definition) is 2. The fourth-order valence-corrected chi connectivity index (χ4v) is 11.8. The van der Waals surface area contributed by atoms with Crippen molar-refractivity contribution in [2.24, 2.45) is 5.41 Å². The minimum Gasteiger partial charge on any atom is -0.523 e. The monoisotopic (exact) mass is 591 g/mol. The first-order chi connectivity index (χ1) is 18.3. The molecule has 40 heavy (non-hydrogen) atoms. The number of anilines is 1. The van der Waals surface area contributed by atoms with Gasteiger partial charge in [0.1, 0.15) is 33.9 Å². The summed E-state index contributed by atoms with van der Waals surface area (Å²) in [5.41, 5.74) is 7.32. The van der Waals surface area contributed by atoms with E-state index in [1.165, 1.54) is 6.33 Å². The maximum Gasteiger partial charge on any atom is 0.262 e. The van der Waals surface area contributed by atoms with Crippen LogP contribution in [0, 0.1) is 5.41 Å². The minimum absolute atomic E-state index is 0.269. The second kappa shape index (κ2) is 11.8. The van der Waals surface area contributed by atoms with Crippen LogP contribution in [0.4, 0.5) is 5.82 Å². The fraction of sp³-hybridized carbons (Fsp3) is 0.786. The molecule has 0 saturated carbocycles. The molecule has 3 heterocycles. The summed E-state index contributed by atoms with van der Waals surface area (Å²) in [5.74, 6) is 0.269. The number of rotatable bonds is 10. The van der Waals surface area contributed by atoms with Gasteiger partial charge in [-0.05, 0) is 42.8 Å². The smallest absolute Gasteiger partial charge is 0.262 e. The van der Waals surface area contributed by atoms with Crippen LogP contribution in [0.25, 0.3) is 11.2 Å². The van der Waals surface area contributed by atoms with Crippen LogP contribution in [0.15, 0.2) is 12.7 Å². The summed E-state index contributed by atoms with van der Waals surface area (Å²) in [4.78, 5) is 13.0. The van der Waals surface area contributed by atoms with Crippen LogP contribution >= 0.6 is 0 Å². The number of aliphatic hydroxyl groups excluding tert-OH is 1. The Hall–Kier alpha value is -1.87. The van der Waals surface area contributed by atoms with Crippen molar-refractivity contribution in [1.82, 2.24) is 19.5 Å². The Morgan fingerprint density at radius 1 is 1.00 bits per heavy atom. The first-order valence-electron chi connectivity index (χ1n) is 14.2. The van der Waals surface area contributed by atoms with Gasteiger partial charge in [-0.2, -0.15) is 0 Å². The average Bonchev–Trinajstić information content (AvgIpc) is 3.37. The van der Waals surface area contributed by atoms with Crippen LogP contribution in [-0.4, -0.2) is 78.4 Å². The summed E-state index contributed by atoms with van der Waals surface area (Å²) in [6, 6.07) is 0. The van der Waals surface area contributed by atoms with E-state index in [9.17, 15) is 5.11 Å². The molecule has 2 aromatic rings.